The van der Waals surface area contributed by atoms with Crippen LogP contribution in [0.5, 0.6) is 0 Å². The van der Waals surface area contributed by atoms with Gasteiger partial charge in [0.1, 0.15) is 0 Å². The molecule has 0 aromatic heterocycles. The van der Waals surface area contributed by atoms with Gasteiger partial charge in [0.05, 0.1) is 6.10 Å². The average Bonchev–Trinajstić information content (AvgIpc) is 2.62. The molecule has 14 heavy (non-hydrogen) atoms. The Bertz CT molecular complexity index is 152. The first-order valence-corrected chi connectivity index (χ1v) is 5.83. The van der Waals surface area contributed by atoms with Gasteiger partial charge in [-0.15, -0.1) is 0 Å². The molecule has 0 heterocycles. The molecule has 1 saturated carbocycles. The lowest BCUT2D eigenvalue weighted by molar-refractivity contribution is 0.0729. The zero-order valence-corrected chi connectivity index (χ0v) is 9.46. The Balaban J connectivity index is 2.16. The molecular weight excluding hydrogens is 176 g/mol. The zero-order valence-electron chi connectivity index (χ0n) is 9.46. The molecule has 84 valence electrons. The van der Waals surface area contributed by atoms with E-state index in [1.165, 1.54) is 19.3 Å². The van der Waals surface area contributed by atoms with Gasteiger partial charge < -0.3 is 15.8 Å². The number of ether oxygens (including phenoxy) is 1. The fraction of sp³-hybridized carbons (Fsp3) is 1.00. The van der Waals surface area contributed by atoms with Gasteiger partial charge in [0.2, 0.25) is 0 Å². The molecular formula is C11H24N2O. The van der Waals surface area contributed by atoms with Crippen LogP contribution in [0.2, 0.25) is 0 Å². The van der Waals surface area contributed by atoms with E-state index in [-0.39, 0.29) is 0 Å². The highest BCUT2D eigenvalue weighted by molar-refractivity contribution is 4.83. The van der Waals surface area contributed by atoms with Crippen LogP contribution in [-0.2, 0) is 4.74 Å². The van der Waals surface area contributed by atoms with E-state index in [1.54, 1.807) is 0 Å². The summed E-state index contributed by atoms with van der Waals surface area (Å²) in [5, 5.41) is 3.56. The van der Waals surface area contributed by atoms with Crippen molar-refractivity contribution >= 4 is 0 Å². The molecule has 0 aromatic carbocycles. The summed E-state index contributed by atoms with van der Waals surface area (Å²) >= 11 is 0. The van der Waals surface area contributed by atoms with E-state index < -0.39 is 0 Å². The molecule has 1 rings (SSSR count). The van der Waals surface area contributed by atoms with Crippen molar-refractivity contribution in [2.75, 3.05) is 19.7 Å². The first kappa shape index (κ1) is 12.0. The minimum Gasteiger partial charge on any atom is -0.377 e. The van der Waals surface area contributed by atoms with Crippen LogP contribution in [0.25, 0.3) is 0 Å². The quantitative estimate of drug-likeness (QED) is 0.675. The van der Waals surface area contributed by atoms with Crippen LogP contribution in [0.1, 0.15) is 33.1 Å². The molecule has 3 heteroatoms. The van der Waals surface area contributed by atoms with Crippen LogP contribution in [0.15, 0.2) is 0 Å². The molecule has 3 N–H and O–H groups in total. The smallest absolute Gasteiger partial charge is 0.0671 e. The van der Waals surface area contributed by atoms with Gasteiger partial charge in [0.15, 0.2) is 0 Å². The lowest BCUT2D eigenvalue weighted by Crippen LogP contribution is -2.40. The lowest BCUT2D eigenvalue weighted by atomic mass is 10.0. The first-order chi connectivity index (χ1) is 6.77. The fourth-order valence-electron chi connectivity index (χ4n) is 2.25. The summed E-state index contributed by atoms with van der Waals surface area (Å²) in [6.45, 7) is 6.72. The molecule has 1 aliphatic rings. The lowest BCUT2D eigenvalue weighted by Gasteiger charge is -2.21. The van der Waals surface area contributed by atoms with Gasteiger partial charge in [-0.1, -0.05) is 6.42 Å². The Kier molecular flexibility index (Phi) is 5.45. The van der Waals surface area contributed by atoms with E-state index in [2.05, 4.69) is 12.2 Å². The van der Waals surface area contributed by atoms with Crippen molar-refractivity contribution in [3.8, 4) is 0 Å². The highest BCUT2D eigenvalue weighted by atomic mass is 16.5. The van der Waals surface area contributed by atoms with E-state index in [1.807, 2.05) is 6.92 Å². The van der Waals surface area contributed by atoms with Crippen molar-refractivity contribution < 1.29 is 4.74 Å². The van der Waals surface area contributed by atoms with Crippen LogP contribution in [0, 0.1) is 5.92 Å². The van der Waals surface area contributed by atoms with Gasteiger partial charge >= 0.3 is 0 Å². The molecule has 0 radical (unpaired) electrons. The van der Waals surface area contributed by atoms with Crippen LogP contribution < -0.4 is 11.1 Å². The zero-order chi connectivity index (χ0) is 10.4. The van der Waals surface area contributed by atoms with Gasteiger partial charge in [-0.2, -0.15) is 0 Å². The Morgan fingerprint density at radius 2 is 2.29 bits per heavy atom. The number of hydrogen-bond acceptors (Lipinski definition) is 3. The minimum atomic E-state index is 0.319. The Morgan fingerprint density at radius 3 is 2.93 bits per heavy atom. The molecule has 1 fully saturated rings. The van der Waals surface area contributed by atoms with Crippen LogP contribution in [0.3, 0.4) is 0 Å². The molecule has 3 atom stereocenters. The normalized spacial score (nSPS) is 29.4. The third-order valence-corrected chi connectivity index (χ3v) is 3.08. The molecule has 0 aliphatic heterocycles. The second-order valence-corrected chi connectivity index (χ2v) is 4.21. The Labute approximate surface area is 87.4 Å². The highest BCUT2D eigenvalue weighted by Crippen LogP contribution is 2.24. The maximum Gasteiger partial charge on any atom is 0.0671 e. The van der Waals surface area contributed by atoms with E-state index >= 15 is 0 Å². The Hall–Kier alpha value is -0.120. The second kappa shape index (κ2) is 6.38. The van der Waals surface area contributed by atoms with Crippen LogP contribution in [-0.4, -0.2) is 31.8 Å². The maximum absolute atomic E-state index is 5.72. The number of nitrogens with one attached hydrogen (secondary N) is 1. The summed E-state index contributed by atoms with van der Waals surface area (Å²) in [7, 11) is 0. The van der Waals surface area contributed by atoms with Gasteiger partial charge in [-0.3, -0.25) is 0 Å². The summed E-state index contributed by atoms with van der Waals surface area (Å²) in [6.07, 6.45) is 4.21. The first-order valence-electron chi connectivity index (χ1n) is 5.83. The molecule has 3 unspecified atom stereocenters. The summed E-state index contributed by atoms with van der Waals surface area (Å²) in [6, 6.07) is 0.628. The van der Waals surface area contributed by atoms with Crippen LogP contribution >= 0.6 is 0 Å². The molecule has 0 aromatic rings. The summed E-state index contributed by atoms with van der Waals surface area (Å²) < 4.78 is 5.48. The van der Waals surface area contributed by atoms with Gasteiger partial charge in [-0.05, 0) is 39.2 Å². The number of hydrogen-bond donors (Lipinski definition) is 2. The van der Waals surface area contributed by atoms with Crippen molar-refractivity contribution in [3.63, 3.8) is 0 Å². The number of rotatable bonds is 6. The molecule has 0 spiro atoms. The van der Waals surface area contributed by atoms with Gasteiger partial charge in [0.25, 0.3) is 0 Å². The molecule has 0 amide bonds. The molecule has 0 bridgehead atoms. The second-order valence-electron chi connectivity index (χ2n) is 4.21. The third-order valence-electron chi connectivity index (χ3n) is 3.08. The summed E-state index contributed by atoms with van der Waals surface area (Å²) in [5.74, 6) is 0.684. The van der Waals surface area contributed by atoms with Crippen molar-refractivity contribution in [2.24, 2.45) is 11.7 Å². The van der Waals surface area contributed by atoms with Crippen molar-refractivity contribution in [1.82, 2.24) is 5.32 Å². The number of nitrogens with two attached hydrogens (primary N) is 1. The van der Waals surface area contributed by atoms with Gasteiger partial charge in [-0.25, -0.2) is 0 Å². The molecule has 3 nitrogen and oxygen atoms in total. The van der Waals surface area contributed by atoms with E-state index in [0.29, 0.717) is 18.1 Å². The van der Waals surface area contributed by atoms with Crippen molar-refractivity contribution in [3.05, 3.63) is 0 Å². The van der Waals surface area contributed by atoms with E-state index in [9.17, 15) is 0 Å². The topological polar surface area (TPSA) is 47.3 Å². The summed E-state index contributed by atoms with van der Waals surface area (Å²) in [4.78, 5) is 0. The van der Waals surface area contributed by atoms with E-state index in [0.717, 1.165) is 19.7 Å². The van der Waals surface area contributed by atoms with Gasteiger partial charge in [0, 0.05) is 19.2 Å². The minimum absolute atomic E-state index is 0.319. The maximum atomic E-state index is 5.72. The molecule has 1 aliphatic carbocycles. The Morgan fingerprint density at radius 1 is 1.50 bits per heavy atom. The van der Waals surface area contributed by atoms with Crippen molar-refractivity contribution in [2.45, 2.75) is 45.3 Å². The third kappa shape index (κ3) is 3.56. The SMILES string of the molecule is CCOC(C)CNC1CCCC1CN. The van der Waals surface area contributed by atoms with E-state index in [4.69, 9.17) is 10.5 Å². The largest absolute Gasteiger partial charge is 0.377 e. The standard InChI is InChI=1S/C11H24N2O/c1-3-14-9(2)8-13-11-6-4-5-10(11)7-12/h9-11,13H,3-8,12H2,1-2H3. The highest BCUT2D eigenvalue weighted by Gasteiger charge is 2.25. The molecule has 0 saturated heterocycles. The predicted molar refractivity (Wildman–Crippen MR) is 59.3 cm³/mol. The monoisotopic (exact) mass is 200 g/mol. The fourth-order valence-corrected chi connectivity index (χ4v) is 2.25. The van der Waals surface area contributed by atoms with Crippen molar-refractivity contribution in [1.29, 1.82) is 0 Å². The summed E-state index contributed by atoms with van der Waals surface area (Å²) in [5.41, 5.74) is 5.72. The average molecular weight is 200 g/mol. The predicted octanol–water partition coefficient (Wildman–Crippen LogP) is 1.13. The van der Waals surface area contributed by atoms with Crippen LogP contribution in [0.4, 0.5) is 0 Å².